The van der Waals surface area contributed by atoms with Gasteiger partial charge in [0.15, 0.2) is 6.10 Å². The van der Waals surface area contributed by atoms with Gasteiger partial charge in [0, 0.05) is 19.4 Å². The quantitative estimate of drug-likeness (QED) is 0.0264. The predicted molar refractivity (Wildman–Crippen MR) is 385 cm³/mol. The van der Waals surface area contributed by atoms with E-state index in [1.54, 1.807) is 0 Å². The molecule has 0 aliphatic rings. The van der Waals surface area contributed by atoms with Crippen LogP contribution in [0.4, 0.5) is 0 Å². The summed E-state index contributed by atoms with van der Waals surface area (Å²) >= 11 is 0. The lowest BCUT2D eigenvalue weighted by molar-refractivity contribution is -0.161. The van der Waals surface area contributed by atoms with Crippen molar-refractivity contribution in [2.45, 2.75) is 341 Å². The van der Waals surface area contributed by atoms with Crippen molar-refractivity contribution in [3.05, 3.63) is 122 Å². The van der Waals surface area contributed by atoms with Crippen LogP contribution in [0.25, 0.3) is 0 Å². The Balaban J connectivity index is 3.87. The highest BCUT2D eigenvalue weighted by molar-refractivity contribution is 7.47. The maximum absolute atomic E-state index is 12.8. The van der Waals surface area contributed by atoms with Crippen LogP contribution in [0, 0.1) is 0 Å². The summed E-state index contributed by atoms with van der Waals surface area (Å²) in [6, 6.07) is 0. The SMILES string of the molecule is CC/C=C\C/C=C\C/C=C\C/C=C\C/C=C\C/C=C\C/C=C\CCCCCCCCCCCCCCCC(=O)OC(COC(=O)CCCCCCCCCCCCCCCCCCCC/C=C\C/C=C\C/C=C\CCCCCCC)COP(=O)(O)OCCN. The molecule has 0 rings (SSSR count). The number of carbonyl (C=O) groups excluding carboxylic acids is 2. The van der Waals surface area contributed by atoms with E-state index in [2.05, 4.69) is 135 Å². The zero-order chi connectivity index (χ0) is 64.4. The van der Waals surface area contributed by atoms with Crippen molar-refractivity contribution in [2.75, 3.05) is 26.4 Å². The number of hydrogen-bond acceptors (Lipinski definition) is 8. The minimum Gasteiger partial charge on any atom is -0.462 e. The zero-order valence-electron chi connectivity index (χ0n) is 57.6. The third-order valence-corrected chi connectivity index (χ3v) is 16.8. The van der Waals surface area contributed by atoms with Gasteiger partial charge in [-0.15, -0.1) is 0 Å². The van der Waals surface area contributed by atoms with Gasteiger partial charge in [0.2, 0.25) is 0 Å². The number of nitrogens with two attached hydrogens (primary N) is 1. The van der Waals surface area contributed by atoms with Crippen LogP contribution in [0.15, 0.2) is 122 Å². The Labute approximate surface area is 549 Å². The molecule has 0 aromatic rings. The molecule has 0 aromatic heterocycles. The molecule has 0 radical (unpaired) electrons. The molecule has 2 unspecified atom stereocenters. The molecule has 0 saturated heterocycles. The second-order valence-corrected chi connectivity index (χ2v) is 25.9. The molecular weight excluding hydrogens is 1120 g/mol. The van der Waals surface area contributed by atoms with Crippen molar-refractivity contribution in [1.82, 2.24) is 0 Å². The van der Waals surface area contributed by atoms with Crippen LogP contribution in [0.5, 0.6) is 0 Å². The third-order valence-electron chi connectivity index (χ3n) is 15.8. The topological polar surface area (TPSA) is 134 Å². The molecule has 0 aromatic carbocycles. The van der Waals surface area contributed by atoms with E-state index in [0.717, 1.165) is 96.3 Å². The molecular formula is C79H138NO8P. The van der Waals surface area contributed by atoms with Crippen LogP contribution in [-0.4, -0.2) is 49.3 Å². The van der Waals surface area contributed by atoms with Crippen LogP contribution < -0.4 is 5.73 Å². The Kier molecular flexibility index (Phi) is 70.5. The molecule has 0 aliphatic heterocycles. The van der Waals surface area contributed by atoms with E-state index in [1.165, 1.54) is 205 Å². The Morgan fingerprint density at radius 3 is 0.921 bits per heavy atom. The van der Waals surface area contributed by atoms with Crippen LogP contribution in [0.2, 0.25) is 0 Å². The minimum absolute atomic E-state index is 0.0499. The summed E-state index contributed by atoms with van der Waals surface area (Å²) in [7, 11) is -4.40. The Hall–Kier alpha value is -3.59. The molecule has 10 heteroatoms. The summed E-state index contributed by atoms with van der Waals surface area (Å²) in [5.41, 5.74) is 5.41. The number of ether oxygens (including phenoxy) is 2. The molecule has 0 amide bonds. The maximum atomic E-state index is 12.8. The predicted octanol–water partition coefficient (Wildman–Crippen LogP) is 24.6. The average molecular weight is 1260 g/mol. The van der Waals surface area contributed by atoms with Crippen LogP contribution >= 0.6 is 7.82 Å². The van der Waals surface area contributed by atoms with E-state index in [9.17, 15) is 19.0 Å². The molecule has 0 aliphatic carbocycles. The van der Waals surface area contributed by atoms with E-state index in [0.29, 0.717) is 6.42 Å². The van der Waals surface area contributed by atoms with E-state index in [1.807, 2.05) is 0 Å². The summed E-state index contributed by atoms with van der Waals surface area (Å²) in [5, 5.41) is 0. The van der Waals surface area contributed by atoms with Gasteiger partial charge < -0.3 is 20.1 Å². The molecule has 3 N–H and O–H groups in total. The highest BCUT2D eigenvalue weighted by Crippen LogP contribution is 2.43. The fraction of sp³-hybridized carbons (Fsp3) is 0.722. The first kappa shape index (κ1) is 85.4. The van der Waals surface area contributed by atoms with Crippen molar-refractivity contribution in [3.63, 3.8) is 0 Å². The minimum atomic E-state index is -4.40. The largest absolute Gasteiger partial charge is 0.472 e. The number of hydrogen-bond donors (Lipinski definition) is 2. The number of rotatable bonds is 69. The van der Waals surface area contributed by atoms with Gasteiger partial charge in [-0.05, 0) is 109 Å². The number of phosphoric acid groups is 1. The molecule has 2 atom stereocenters. The van der Waals surface area contributed by atoms with Crippen LogP contribution in [-0.2, 0) is 32.7 Å². The number of allylic oxidation sites excluding steroid dienone is 20. The Morgan fingerprint density at radius 1 is 0.348 bits per heavy atom. The smallest absolute Gasteiger partial charge is 0.462 e. The zero-order valence-corrected chi connectivity index (χ0v) is 58.5. The summed E-state index contributed by atoms with van der Waals surface area (Å²) < 4.78 is 33.2. The van der Waals surface area contributed by atoms with Gasteiger partial charge in [0.1, 0.15) is 6.61 Å². The van der Waals surface area contributed by atoms with Crippen molar-refractivity contribution < 1.29 is 37.6 Å². The highest BCUT2D eigenvalue weighted by atomic mass is 31.2. The number of unbranched alkanes of at least 4 members (excludes halogenated alkanes) is 36. The molecule has 0 spiro atoms. The van der Waals surface area contributed by atoms with E-state index in [4.69, 9.17) is 24.3 Å². The normalized spacial score (nSPS) is 13.6. The van der Waals surface area contributed by atoms with Crippen molar-refractivity contribution in [1.29, 1.82) is 0 Å². The first-order valence-corrected chi connectivity index (χ1v) is 38.5. The molecule has 512 valence electrons. The molecule has 9 nitrogen and oxygen atoms in total. The van der Waals surface area contributed by atoms with E-state index < -0.39 is 26.5 Å². The lowest BCUT2D eigenvalue weighted by Crippen LogP contribution is -2.29. The first-order chi connectivity index (χ1) is 43.8. The average Bonchev–Trinajstić information content (AvgIpc) is 3.66. The maximum Gasteiger partial charge on any atom is 0.472 e. The standard InChI is InChI=1S/C79H138NO8P/c1-3-5-7-9-11-13-15-17-19-21-23-25-27-29-31-33-35-37-38-40-42-44-46-48-50-52-54-56-58-60-62-64-66-68-70-72-79(82)88-77(76-87-89(83,84)86-74-73-80)75-85-78(81)71-69-67-65-63-61-59-57-55-53-51-49-47-45-43-41-39-36-34-32-30-28-26-24-22-20-18-16-14-12-10-8-6-4-2/h5,7,11,13,16-19,22-25,28-31,35,37,40,42,77H,3-4,6,8-10,12,14-15,20-21,26-27,32-34,36,38-39,41,43-76,80H2,1-2H3,(H,83,84)/b7-5-,13-11-,18-16-,19-17-,24-22-,25-23-,30-28-,31-29-,37-35-,42-40-. The highest BCUT2D eigenvalue weighted by Gasteiger charge is 2.26. The molecule has 0 saturated carbocycles. The van der Waals surface area contributed by atoms with Crippen molar-refractivity contribution in [2.24, 2.45) is 5.73 Å². The molecule has 0 fully saturated rings. The summed E-state index contributed by atoms with van der Waals surface area (Å²) in [4.78, 5) is 35.4. The van der Waals surface area contributed by atoms with Crippen LogP contribution in [0.3, 0.4) is 0 Å². The molecule has 0 heterocycles. The monoisotopic (exact) mass is 1260 g/mol. The van der Waals surface area contributed by atoms with E-state index in [-0.39, 0.29) is 38.6 Å². The van der Waals surface area contributed by atoms with Gasteiger partial charge in [-0.2, -0.15) is 0 Å². The first-order valence-electron chi connectivity index (χ1n) is 37.0. The van der Waals surface area contributed by atoms with Gasteiger partial charge in [-0.3, -0.25) is 18.6 Å². The lowest BCUT2D eigenvalue weighted by atomic mass is 10.0. The lowest BCUT2D eigenvalue weighted by Gasteiger charge is -2.19. The second-order valence-electron chi connectivity index (χ2n) is 24.4. The van der Waals surface area contributed by atoms with Gasteiger partial charge in [0.25, 0.3) is 0 Å². The Bertz CT molecular complexity index is 1880. The third kappa shape index (κ3) is 73.3. The Morgan fingerprint density at radius 2 is 0.618 bits per heavy atom. The van der Waals surface area contributed by atoms with Crippen molar-refractivity contribution in [3.8, 4) is 0 Å². The van der Waals surface area contributed by atoms with Gasteiger partial charge >= 0.3 is 19.8 Å². The number of esters is 2. The summed E-state index contributed by atoms with van der Waals surface area (Å²) in [6.07, 6.45) is 103. The summed E-state index contributed by atoms with van der Waals surface area (Å²) in [6.45, 7) is 3.65. The van der Waals surface area contributed by atoms with E-state index >= 15 is 0 Å². The van der Waals surface area contributed by atoms with Gasteiger partial charge in [-0.1, -0.05) is 334 Å². The van der Waals surface area contributed by atoms with Gasteiger partial charge in [-0.25, -0.2) is 4.57 Å². The number of carbonyl (C=O) groups is 2. The second kappa shape index (κ2) is 73.5. The fourth-order valence-corrected chi connectivity index (χ4v) is 11.2. The fourth-order valence-electron chi connectivity index (χ4n) is 10.4. The van der Waals surface area contributed by atoms with Crippen molar-refractivity contribution >= 4 is 19.8 Å². The van der Waals surface area contributed by atoms with Gasteiger partial charge in [0.05, 0.1) is 13.2 Å². The molecule has 0 bridgehead atoms. The number of phosphoric ester groups is 1. The molecule has 89 heavy (non-hydrogen) atoms. The van der Waals surface area contributed by atoms with Crippen LogP contribution in [0.1, 0.15) is 335 Å². The summed E-state index contributed by atoms with van der Waals surface area (Å²) in [5.74, 6) is -0.821.